The summed E-state index contributed by atoms with van der Waals surface area (Å²) >= 11 is 15.2. The van der Waals surface area contributed by atoms with Crippen LogP contribution in [0.25, 0.3) is 0 Å². The second kappa shape index (κ2) is 7.02. The van der Waals surface area contributed by atoms with Gasteiger partial charge < -0.3 is 15.4 Å². The van der Waals surface area contributed by atoms with E-state index in [9.17, 15) is 4.79 Å². The van der Waals surface area contributed by atoms with E-state index in [0.717, 1.165) is 4.47 Å². The van der Waals surface area contributed by atoms with Crippen LogP contribution in [0.5, 0.6) is 5.75 Å². The van der Waals surface area contributed by atoms with Crippen LogP contribution < -0.4 is 15.4 Å². The Labute approximate surface area is 140 Å². The highest BCUT2D eigenvalue weighted by Gasteiger charge is 2.09. The number of rotatable bonds is 3. The first-order valence-electron chi connectivity index (χ1n) is 5.86. The first-order valence-corrected chi connectivity index (χ1v) is 7.41. The van der Waals surface area contributed by atoms with Gasteiger partial charge >= 0.3 is 6.03 Å². The number of carbonyl (C=O) groups is 1. The van der Waals surface area contributed by atoms with E-state index in [1.807, 2.05) is 0 Å². The fraction of sp³-hybridized carbons (Fsp3) is 0.0714. The number of ether oxygens (including phenoxy) is 1. The summed E-state index contributed by atoms with van der Waals surface area (Å²) in [6.07, 6.45) is 0. The quantitative estimate of drug-likeness (QED) is 0.737. The van der Waals surface area contributed by atoms with E-state index < -0.39 is 6.03 Å². The molecule has 21 heavy (non-hydrogen) atoms. The third-order valence-corrected chi connectivity index (χ3v) is 3.85. The lowest BCUT2D eigenvalue weighted by Crippen LogP contribution is -2.19. The Hall–Kier alpha value is -1.43. The minimum Gasteiger partial charge on any atom is -0.497 e. The average molecular weight is 390 g/mol. The molecule has 0 bridgehead atoms. The average Bonchev–Trinajstić information content (AvgIpc) is 2.45. The number of hydrogen-bond acceptors (Lipinski definition) is 2. The number of amides is 2. The minimum atomic E-state index is -0.437. The van der Waals surface area contributed by atoms with Gasteiger partial charge in [0.2, 0.25) is 0 Å². The Balaban J connectivity index is 2.13. The number of hydrogen-bond donors (Lipinski definition) is 2. The van der Waals surface area contributed by atoms with Crippen LogP contribution in [0.15, 0.2) is 40.9 Å². The maximum absolute atomic E-state index is 12.0. The van der Waals surface area contributed by atoms with Crippen LogP contribution >= 0.6 is 39.1 Å². The lowest BCUT2D eigenvalue weighted by atomic mass is 10.3. The summed E-state index contributed by atoms with van der Waals surface area (Å²) in [4.78, 5) is 12.0. The van der Waals surface area contributed by atoms with E-state index >= 15 is 0 Å². The van der Waals surface area contributed by atoms with Crippen molar-refractivity contribution in [3.63, 3.8) is 0 Å². The molecule has 0 fully saturated rings. The number of urea groups is 1. The van der Waals surface area contributed by atoms with Crippen molar-refractivity contribution in [3.8, 4) is 5.75 Å². The van der Waals surface area contributed by atoms with E-state index in [2.05, 4.69) is 26.6 Å². The van der Waals surface area contributed by atoms with Crippen LogP contribution in [0.2, 0.25) is 10.0 Å². The highest BCUT2D eigenvalue weighted by Crippen LogP contribution is 2.28. The molecular weight excluding hydrogens is 379 g/mol. The fourth-order valence-corrected chi connectivity index (χ4v) is 2.28. The van der Waals surface area contributed by atoms with Crippen LogP contribution in [0.4, 0.5) is 16.2 Å². The second-order valence-electron chi connectivity index (χ2n) is 4.05. The molecule has 2 aromatic carbocycles. The topological polar surface area (TPSA) is 50.4 Å². The number of methoxy groups -OCH3 is 1. The highest BCUT2D eigenvalue weighted by molar-refractivity contribution is 9.10. The molecule has 110 valence electrons. The van der Waals surface area contributed by atoms with Crippen LogP contribution in [0.1, 0.15) is 0 Å². The molecule has 0 aliphatic carbocycles. The van der Waals surface area contributed by atoms with Crippen LogP contribution in [-0.2, 0) is 0 Å². The highest BCUT2D eigenvalue weighted by atomic mass is 79.9. The predicted octanol–water partition coefficient (Wildman–Crippen LogP) is 5.41. The lowest BCUT2D eigenvalue weighted by molar-refractivity contribution is 0.262. The van der Waals surface area contributed by atoms with Crippen molar-refractivity contribution >= 4 is 56.5 Å². The first-order chi connectivity index (χ1) is 9.99. The third kappa shape index (κ3) is 4.27. The fourth-order valence-electron chi connectivity index (χ4n) is 1.60. The Morgan fingerprint density at radius 2 is 1.81 bits per heavy atom. The Morgan fingerprint density at radius 3 is 2.52 bits per heavy atom. The van der Waals surface area contributed by atoms with Crippen molar-refractivity contribution in [1.29, 1.82) is 0 Å². The van der Waals surface area contributed by atoms with Crippen LogP contribution in [-0.4, -0.2) is 13.1 Å². The van der Waals surface area contributed by atoms with E-state index in [4.69, 9.17) is 27.9 Å². The molecule has 0 spiro atoms. The SMILES string of the molecule is COc1ccc(Br)c(NC(=O)Nc2cc(Cl)ccc2Cl)c1. The summed E-state index contributed by atoms with van der Waals surface area (Å²) < 4.78 is 5.85. The Bertz CT molecular complexity index is 680. The Kier molecular flexibility index (Phi) is 5.33. The van der Waals surface area contributed by atoms with Crippen molar-refractivity contribution in [2.24, 2.45) is 0 Å². The molecule has 0 radical (unpaired) electrons. The lowest BCUT2D eigenvalue weighted by Gasteiger charge is -2.11. The van der Waals surface area contributed by atoms with Gasteiger partial charge in [-0.3, -0.25) is 0 Å². The molecular formula is C14H11BrCl2N2O2. The molecule has 0 aliphatic heterocycles. The van der Waals surface area contributed by atoms with Crippen molar-refractivity contribution in [1.82, 2.24) is 0 Å². The number of halogens is 3. The zero-order valence-corrected chi connectivity index (χ0v) is 14.0. The zero-order valence-electron chi connectivity index (χ0n) is 10.9. The van der Waals surface area contributed by atoms with Gasteiger partial charge in [0.25, 0.3) is 0 Å². The second-order valence-corrected chi connectivity index (χ2v) is 5.75. The molecule has 2 N–H and O–H groups in total. The molecule has 0 atom stereocenters. The van der Waals surface area contributed by atoms with Crippen molar-refractivity contribution in [2.75, 3.05) is 17.7 Å². The third-order valence-electron chi connectivity index (χ3n) is 2.60. The molecule has 2 rings (SSSR count). The molecule has 0 saturated heterocycles. The summed E-state index contributed by atoms with van der Waals surface area (Å²) in [6, 6.07) is 9.65. The van der Waals surface area contributed by atoms with Gasteiger partial charge in [-0.25, -0.2) is 4.79 Å². The van der Waals surface area contributed by atoms with E-state index in [0.29, 0.717) is 27.2 Å². The van der Waals surface area contributed by atoms with E-state index in [-0.39, 0.29) is 0 Å². The van der Waals surface area contributed by atoms with Gasteiger partial charge in [0.15, 0.2) is 0 Å². The standard InChI is InChI=1S/C14H11BrCl2N2O2/c1-21-9-3-4-10(15)12(7-9)18-14(20)19-13-6-8(16)2-5-11(13)17/h2-7H,1H3,(H2,18,19,20). The number of anilines is 2. The summed E-state index contributed by atoms with van der Waals surface area (Å²) in [5.41, 5.74) is 1.01. The molecule has 0 unspecified atom stereocenters. The number of carbonyl (C=O) groups excluding carboxylic acids is 1. The maximum Gasteiger partial charge on any atom is 0.323 e. The smallest absolute Gasteiger partial charge is 0.323 e. The molecule has 0 aliphatic rings. The summed E-state index contributed by atoms with van der Waals surface area (Å²) in [6.45, 7) is 0. The molecule has 2 amide bonds. The molecule has 2 aromatic rings. The Morgan fingerprint density at radius 1 is 1.10 bits per heavy atom. The van der Waals surface area contributed by atoms with E-state index in [1.54, 1.807) is 43.5 Å². The van der Waals surface area contributed by atoms with Gasteiger partial charge in [-0.15, -0.1) is 0 Å². The molecule has 4 nitrogen and oxygen atoms in total. The van der Waals surface area contributed by atoms with Crippen LogP contribution in [0.3, 0.4) is 0 Å². The normalized spacial score (nSPS) is 10.1. The van der Waals surface area contributed by atoms with Crippen LogP contribution in [0, 0.1) is 0 Å². The predicted molar refractivity (Wildman–Crippen MR) is 89.8 cm³/mol. The largest absolute Gasteiger partial charge is 0.497 e. The van der Waals surface area contributed by atoms with Gasteiger partial charge in [0.1, 0.15) is 5.75 Å². The van der Waals surface area contributed by atoms with Gasteiger partial charge in [-0.05, 0) is 46.3 Å². The summed E-state index contributed by atoms with van der Waals surface area (Å²) in [5.74, 6) is 0.634. The van der Waals surface area contributed by atoms with Crippen molar-refractivity contribution in [2.45, 2.75) is 0 Å². The van der Waals surface area contributed by atoms with Gasteiger partial charge in [-0.1, -0.05) is 23.2 Å². The molecule has 0 saturated carbocycles. The monoisotopic (exact) mass is 388 g/mol. The summed E-state index contributed by atoms with van der Waals surface area (Å²) in [7, 11) is 1.55. The summed E-state index contributed by atoms with van der Waals surface area (Å²) in [5, 5.41) is 6.22. The minimum absolute atomic E-state index is 0.402. The first kappa shape index (κ1) is 15.9. The van der Waals surface area contributed by atoms with Gasteiger partial charge in [0, 0.05) is 15.6 Å². The number of nitrogens with one attached hydrogen (secondary N) is 2. The van der Waals surface area contributed by atoms with E-state index in [1.165, 1.54) is 0 Å². The maximum atomic E-state index is 12.0. The van der Waals surface area contributed by atoms with Crippen molar-refractivity contribution in [3.05, 3.63) is 50.9 Å². The van der Waals surface area contributed by atoms with Gasteiger partial charge in [0.05, 0.1) is 23.5 Å². The molecule has 0 aromatic heterocycles. The zero-order chi connectivity index (χ0) is 15.4. The van der Waals surface area contributed by atoms with Gasteiger partial charge in [-0.2, -0.15) is 0 Å². The van der Waals surface area contributed by atoms with Crippen molar-refractivity contribution < 1.29 is 9.53 Å². The molecule has 0 heterocycles. The molecule has 7 heteroatoms. The number of benzene rings is 2.